The fraction of sp³-hybridized carbons (Fsp3) is 0.250. The summed E-state index contributed by atoms with van der Waals surface area (Å²) in [5.74, 6) is 0.661. The summed E-state index contributed by atoms with van der Waals surface area (Å²) in [5, 5.41) is 6.55. The van der Waals surface area contributed by atoms with E-state index >= 15 is 0 Å². The van der Waals surface area contributed by atoms with Crippen molar-refractivity contribution in [2.45, 2.75) is 19.4 Å². The van der Waals surface area contributed by atoms with Crippen molar-refractivity contribution in [3.05, 3.63) is 35.5 Å². The predicted octanol–water partition coefficient (Wildman–Crippen LogP) is 1.74. The fourth-order valence-corrected chi connectivity index (χ4v) is 2.63. The number of fused-ring (bicyclic) bond motifs is 1. The molecule has 2 N–H and O–H groups in total. The number of thiazole rings is 1. The average Bonchev–Trinajstić information content (AvgIpc) is 2.92. The van der Waals surface area contributed by atoms with Gasteiger partial charge in [0, 0.05) is 24.0 Å². The van der Waals surface area contributed by atoms with Gasteiger partial charge in [-0.2, -0.15) is 4.98 Å². The third-order valence-corrected chi connectivity index (χ3v) is 3.44. The van der Waals surface area contributed by atoms with Gasteiger partial charge in [0.25, 0.3) is 0 Å². The quantitative estimate of drug-likeness (QED) is 0.778. The van der Waals surface area contributed by atoms with Crippen LogP contribution < -0.4 is 5.73 Å². The summed E-state index contributed by atoms with van der Waals surface area (Å²) < 4.78 is 1.86. The van der Waals surface area contributed by atoms with E-state index in [2.05, 4.69) is 20.4 Å². The van der Waals surface area contributed by atoms with E-state index in [0.717, 1.165) is 22.8 Å². The molecule has 0 bridgehead atoms. The second kappa shape index (κ2) is 4.47. The first-order valence-electron chi connectivity index (χ1n) is 5.74. The highest BCUT2D eigenvalue weighted by atomic mass is 32.1. The van der Waals surface area contributed by atoms with Gasteiger partial charge >= 0.3 is 0 Å². The molecule has 0 amide bonds. The van der Waals surface area contributed by atoms with Crippen LogP contribution in [0, 0.1) is 0 Å². The standard InChI is InChI=1S/C12H13N5S/c1-8(13)6-9-7-18-12-15-11(16-17(9)12)10-4-2-3-5-14-10/h2-5,7-8H,6,13H2,1H3. The third-order valence-electron chi connectivity index (χ3n) is 2.57. The molecule has 5 nitrogen and oxygen atoms in total. The van der Waals surface area contributed by atoms with Crippen molar-refractivity contribution in [3.8, 4) is 11.5 Å². The second-order valence-corrected chi connectivity index (χ2v) is 5.09. The maximum Gasteiger partial charge on any atom is 0.212 e. The van der Waals surface area contributed by atoms with E-state index in [1.165, 1.54) is 0 Å². The average molecular weight is 259 g/mol. The highest BCUT2D eigenvalue weighted by Gasteiger charge is 2.12. The van der Waals surface area contributed by atoms with Crippen LogP contribution in [0.5, 0.6) is 0 Å². The Labute approximate surface area is 108 Å². The zero-order valence-electron chi connectivity index (χ0n) is 9.95. The first kappa shape index (κ1) is 11.3. The van der Waals surface area contributed by atoms with Crippen LogP contribution in [0.4, 0.5) is 0 Å². The molecule has 0 radical (unpaired) electrons. The summed E-state index contributed by atoms with van der Waals surface area (Å²) in [6.07, 6.45) is 2.54. The third kappa shape index (κ3) is 2.00. The minimum absolute atomic E-state index is 0.116. The van der Waals surface area contributed by atoms with Crippen LogP contribution in [0.2, 0.25) is 0 Å². The van der Waals surface area contributed by atoms with Gasteiger partial charge in [0.2, 0.25) is 10.8 Å². The van der Waals surface area contributed by atoms with Crippen molar-refractivity contribution in [1.82, 2.24) is 19.6 Å². The Morgan fingerprint density at radius 1 is 1.44 bits per heavy atom. The molecular weight excluding hydrogens is 246 g/mol. The zero-order valence-corrected chi connectivity index (χ0v) is 10.8. The van der Waals surface area contributed by atoms with E-state index in [9.17, 15) is 0 Å². The highest BCUT2D eigenvalue weighted by molar-refractivity contribution is 7.15. The Morgan fingerprint density at radius 2 is 2.33 bits per heavy atom. The van der Waals surface area contributed by atoms with E-state index in [-0.39, 0.29) is 6.04 Å². The number of hydrogen-bond acceptors (Lipinski definition) is 5. The van der Waals surface area contributed by atoms with E-state index in [4.69, 9.17) is 5.73 Å². The molecule has 0 aliphatic rings. The Kier molecular flexibility index (Phi) is 2.81. The van der Waals surface area contributed by atoms with Gasteiger partial charge in [0.15, 0.2) is 0 Å². The molecule has 1 unspecified atom stereocenters. The maximum atomic E-state index is 5.82. The molecule has 0 aliphatic heterocycles. The first-order valence-corrected chi connectivity index (χ1v) is 6.62. The highest BCUT2D eigenvalue weighted by Crippen LogP contribution is 2.19. The molecule has 0 saturated carbocycles. The second-order valence-electron chi connectivity index (χ2n) is 4.25. The number of pyridine rings is 1. The maximum absolute atomic E-state index is 5.82. The summed E-state index contributed by atoms with van der Waals surface area (Å²) in [6.45, 7) is 1.99. The SMILES string of the molecule is CC(N)Cc1csc2nc(-c3ccccn3)nn12. The Morgan fingerprint density at radius 3 is 3.06 bits per heavy atom. The predicted molar refractivity (Wildman–Crippen MR) is 71.4 cm³/mol. The van der Waals surface area contributed by atoms with Gasteiger partial charge in [0.1, 0.15) is 5.69 Å². The largest absolute Gasteiger partial charge is 0.328 e. The van der Waals surface area contributed by atoms with Crippen molar-refractivity contribution in [2.24, 2.45) is 5.73 Å². The lowest BCUT2D eigenvalue weighted by Gasteiger charge is -2.01. The molecule has 3 rings (SSSR count). The molecule has 18 heavy (non-hydrogen) atoms. The van der Waals surface area contributed by atoms with E-state index in [1.54, 1.807) is 17.5 Å². The van der Waals surface area contributed by atoms with Gasteiger partial charge in [-0.3, -0.25) is 4.98 Å². The van der Waals surface area contributed by atoms with Crippen molar-refractivity contribution in [1.29, 1.82) is 0 Å². The van der Waals surface area contributed by atoms with Gasteiger partial charge in [-0.1, -0.05) is 6.07 Å². The van der Waals surface area contributed by atoms with Gasteiger partial charge in [-0.15, -0.1) is 16.4 Å². The van der Waals surface area contributed by atoms with Crippen LogP contribution in [-0.4, -0.2) is 25.6 Å². The Bertz CT molecular complexity index is 655. The van der Waals surface area contributed by atoms with Gasteiger partial charge in [-0.25, -0.2) is 4.52 Å². The van der Waals surface area contributed by atoms with Crippen LogP contribution in [0.15, 0.2) is 29.8 Å². The number of aromatic nitrogens is 4. The fourth-order valence-electron chi connectivity index (χ4n) is 1.80. The number of nitrogens with zero attached hydrogens (tertiary/aromatic N) is 4. The molecule has 0 fully saturated rings. The van der Waals surface area contributed by atoms with Crippen molar-refractivity contribution in [2.75, 3.05) is 0 Å². The molecule has 0 aliphatic carbocycles. The molecule has 92 valence electrons. The molecule has 3 aromatic heterocycles. The summed E-state index contributed by atoms with van der Waals surface area (Å²) in [7, 11) is 0. The van der Waals surface area contributed by atoms with Crippen molar-refractivity contribution in [3.63, 3.8) is 0 Å². The number of rotatable bonds is 3. The summed E-state index contributed by atoms with van der Waals surface area (Å²) >= 11 is 1.58. The molecular formula is C12H13N5S. The normalized spacial score (nSPS) is 13.0. The molecule has 6 heteroatoms. The summed E-state index contributed by atoms with van der Waals surface area (Å²) in [6, 6.07) is 5.83. The van der Waals surface area contributed by atoms with Gasteiger partial charge in [-0.05, 0) is 19.1 Å². The van der Waals surface area contributed by atoms with E-state index in [1.807, 2.05) is 29.6 Å². The lowest BCUT2D eigenvalue weighted by molar-refractivity contribution is 0.703. The van der Waals surface area contributed by atoms with Crippen LogP contribution in [-0.2, 0) is 6.42 Å². The lowest BCUT2D eigenvalue weighted by atomic mass is 10.2. The Balaban J connectivity index is 2.04. The molecule has 0 aromatic carbocycles. The molecule has 0 spiro atoms. The van der Waals surface area contributed by atoms with Crippen LogP contribution in [0.25, 0.3) is 16.5 Å². The lowest BCUT2D eigenvalue weighted by Crippen LogP contribution is -2.18. The topological polar surface area (TPSA) is 69.1 Å². The first-order chi connectivity index (χ1) is 8.74. The number of hydrogen-bond donors (Lipinski definition) is 1. The zero-order chi connectivity index (χ0) is 12.5. The van der Waals surface area contributed by atoms with E-state index in [0.29, 0.717) is 5.82 Å². The van der Waals surface area contributed by atoms with Crippen molar-refractivity contribution < 1.29 is 0 Å². The molecule has 1 atom stereocenters. The molecule has 3 aromatic rings. The van der Waals surface area contributed by atoms with E-state index < -0.39 is 0 Å². The van der Waals surface area contributed by atoms with Crippen LogP contribution >= 0.6 is 11.3 Å². The summed E-state index contributed by atoms with van der Waals surface area (Å²) in [5.41, 5.74) is 7.71. The molecule has 0 saturated heterocycles. The minimum Gasteiger partial charge on any atom is -0.328 e. The minimum atomic E-state index is 0.116. The molecule has 3 heterocycles. The summed E-state index contributed by atoms with van der Waals surface area (Å²) in [4.78, 5) is 9.61. The van der Waals surface area contributed by atoms with Gasteiger partial charge in [0.05, 0.1) is 5.69 Å². The smallest absolute Gasteiger partial charge is 0.212 e. The van der Waals surface area contributed by atoms with Crippen molar-refractivity contribution >= 4 is 16.3 Å². The van der Waals surface area contributed by atoms with Crippen LogP contribution in [0.1, 0.15) is 12.6 Å². The number of nitrogens with two attached hydrogens (primary N) is 1. The van der Waals surface area contributed by atoms with Crippen LogP contribution in [0.3, 0.4) is 0 Å². The monoisotopic (exact) mass is 259 g/mol. The van der Waals surface area contributed by atoms with Gasteiger partial charge < -0.3 is 5.73 Å². The Hall–Kier alpha value is -1.79.